The van der Waals surface area contributed by atoms with E-state index in [9.17, 15) is 19.5 Å². The van der Waals surface area contributed by atoms with E-state index in [-0.39, 0.29) is 24.8 Å². The molecule has 1 aliphatic heterocycles. The van der Waals surface area contributed by atoms with Crippen molar-refractivity contribution in [3.63, 3.8) is 0 Å². The van der Waals surface area contributed by atoms with E-state index in [4.69, 9.17) is 4.74 Å². The Balaban J connectivity index is 2.01. The van der Waals surface area contributed by atoms with Gasteiger partial charge in [-0.15, -0.1) is 0 Å². The molecule has 1 aliphatic rings. The predicted molar refractivity (Wildman–Crippen MR) is 92.5 cm³/mol. The summed E-state index contributed by atoms with van der Waals surface area (Å²) in [5, 5.41) is 11.7. The fourth-order valence-corrected chi connectivity index (χ4v) is 2.76. The van der Waals surface area contributed by atoms with E-state index in [2.05, 4.69) is 5.32 Å². The van der Waals surface area contributed by atoms with Gasteiger partial charge in [0.2, 0.25) is 5.91 Å². The maximum atomic E-state index is 12.4. The van der Waals surface area contributed by atoms with Gasteiger partial charge in [0.05, 0.1) is 5.69 Å². The Labute approximate surface area is 147 Å². The number of carbonyl (C=O) groups is 3. The van der Waals surface area contributed by atoms with Gasteiger partial charge in [0, 0.05) is 13.0 Å². The van der Waals surface area contributed by atoms with Gasteiger partial charge in [0.25, 0.3) is 5.91 Å². The molecule has 0 bridgehead atoms. The summed E-state index contributed by atoms with van der Waals surface area (Å²) in [5.41, 5.74) is 0.621. The van der Waals surface area contributed by atoms with E-state index in [0.717, 1.165) is 0 Å². The SMILES string of the molecule is CC(C)C[C@@H](NC(=O)CCN1C(=O)[C@H](C)Oc2ccccc21)C(=O)O. The van der Waals surface area contributed by atoms with Crippen LogP contribution in [0.15, 0.2) is 24.3 Å². The van der Waals surface area contributed by atoms with Gasteiger partial charge in [-0.1, -0.05) is 26.0 Å². The molecule has 0 unspecified atom stereocenters. The molecule has 0 aliphatic carbocycles. The zero-order valence-corrected chi connectivity index (χ0v) is 14.7. The van der Waals surface area contributed by atoms with Gasteiger partial charge in [-0.2, -0.15) is 0 Å². The summed E-state index contributed by atoms with van der Waals surface area (Å²) in [7, 11) is 0. The van der Waals surface area contributed by atoms with Gasteiger partial charge in [0.1, 0.15) is 11.8 Å². The van der Waals surface area contributed by atoms with Gasteiger partial charge >= 0.3 is 5.97 Å². The normalized spacial score (nSPS) is 17.7. The van der Waals surface area contributed by atoms with Crippen LogP contribution in [0.4, 0.5) is 5.69 Å². The lowest BCUT2D eigenvalue weighted by Gasteiger charge is -2.32. The van der Waals surface area contributed by atoms with Gasteiger partial charge in [-0.25, -0.2) is 4.79 Å². The van der Waals surface area contributed by atoms with Crippen molar-refractivity contribution < 1.29 is 24.2 Å². The maximum absolute atomic E-state index is 12.4. The van der Waals surface area contributed by atoms with Gasteiger partial charge < -0.3 is 20.1 Å². The molecule has 0 saturated carbocycles. The molecule has 0 spiro atoms. The second-order valence-corrected chi connectivity index (χ2v) is 6.56. The first-order valence-corrected chi connectivity index (χ1v) is 8.38. The van der Waals surface area contributed by atoms with Crippen molar-refractivity contribution in [3.8, 4) is 5.75 Å². The van der Waals surface area contributed by atoms with Crippen LogP contribution in [-0.4, -0.2) is 41.6 Å². The minimum Gasteiger partial charge on any atom is -0.480 e. The largest absolute Gasteiger partial charge is 0.480 e. The molecule has 136 valence electrons. The molecule has 1 aromatic rings. The van der Waals surface area contributed by atoms with Gasteiger partial charge in [-0.3, -0.25) is 9.59 Å². The molecule has 0 saturated heterocycles. The first-order chi connectivity index (χ1) is 11.8. The Morgan fingerprint density at radius 1 is 1.32 bits per heavy atom. The fourth-order valence-electron chi connectivity index (χ4n) is 2.76. The molecule has 2 amide bonds. The van der Waals surface area contributed by atoms with Crippen molar-refractivity contribution in [2.45, 2.75) is 45.8 Å². The number of hydrogen-bond donors (Lipinski definition) is 2. The van der Waals surface area contributed by atoms with Crippen LogP contribution in [0.5, 0.6) is 5.75 Å². The Kier molecular flexibility index (Phi) is 6.01. The average Bonchev–Trinajstić information content (AvgIpc) is 2.54. The van der Waals surface area contributed by atoms with Crippen LogP contribution in [0.1, 0.15) is 33.6 Å². The summed E-state index contributed by atoms with van der Waals surface area (Å²) in [6.45, 7) is 5.62. The van der Waals surface area contributed by atoms with E-state index < -0.39 is 24.0 Å². The van der Waals surface area contributed by atoms with Crippen molar-refractivity contribution in [2.24, 2.45) is 5.92 Å². The number of fused-ring (bicyclic) bond motifs is 1. The van der Waals surface area contributed by atoms with Crippen molar-refractivity contribution in [2.75, 3.05) is 11.4 Å². The minimum atomic E-state index is -1.05. The number of para-hydroxylation sites is 2. The first kappa shape index (κ1) is 18.8. The van der Waals surface area contributed by atoms with Crippen LogP contribution in [0.3, 0.4) is 0 Å². The molecule has 2 N–H and O–H groups in total. The van der Waals surface area contributed by atoms with Gasteiger partial charge in [0.15, 0.2) is 6.10 Å². The van der Waals surface area contributed by atoms with Crippen LogP contribution < -0.4 is 15.0 Å². The van der Waals surface area contributed by atoms with E-state index in [1.165, 1.54) is 4.90 Å². The quantitative estimate of drug-likeness (QED) is 0.783. The van der Waals surface area contributed by atoms with E-state index in [1.54, 1.807) is 25.1 Å². The molecule has 7 heteroatoms. The van der Waals surface area contributed by atoms with Crippen molar-refractivity contribution in [1.82, 2.24) is 5.32 Å². The predicted octanol–water partition coefficient (Wildman–Crippen LogP) is 1.81. The van der Waals surface area contributed by atoms with Crippen LogP contribution in [0.2, 0.25) is 0 Å². The summed E-state index contributed by atoms with van der Waals surface area (Å²) in [6, 6.07) is 6.22. The number of anilines is 1. The highest BCUT2D eigenvalue weighted by molar-refractivity contribution is 6.00. The standard InChI is InChI=1S/C18H24N2O5/c1-11(2)10-13(18(23)24)19-16(21)8-9-20-14-6-4-5-7-15(14)25-12(3)17(20)22/h4-7,11-13H,8-10H2,1-3H3,(H,19,21)(H,23,24)/t12-,13+/m0/s1. The number of ether oxygens (including phenoxy) is 1. The number of nitrogens with zero attached hydrogens (tertiary/aromatic N) is 1. The molecule has 1 aromatic carbocycles. The second-order valence-electron chi connectivity index (χ2n) is 6.56. The molecular formula is C18H24N2O5. The zero-order chi connectivity index (χ0) is 18.6. The fraction of sp³-hybridized carbons (Fsp3) is 0.500. The molecular weight excluding hydrogens is 324 g/mol. The number of carbonyl (C=O) groups excluding carboxylic acids is 2. The van der Waals surface area contributed by atoms with Crippen LogP contribution in [0, 0.1) is 5.92 Å². The van der Waals surface area contributed by atoms with Crippen molar-refractivity contribution >= 4 is 23.5 Å². The molecule has 2 atom stereocenters. The number of amides is 2. The lowest BCUT2D eigenvalue weighted by Crippen LogP contribution is -2.47. The average molecular weight is 348 g/mol. The third-order valence-corrected chi connectivity index (χ3v) is 3.98. The maximum Gasteiger partial charge on any atom is 0.326 e. The second kappa shape index (κ2) is 8.00. The topological polar surface area (TPSA) is 95.9 Å². The first-order valence-electron chi connectivity index (χ1n) is 8.38. The third-order valence-electron chi connectivity index (χ3n) is 3.98. The number of nitrogens with one attached hydrogen (secondary N) is 1. The number of aliphatic carboxylic acids is 1. The molecule has 25 heavy (non-hydrogen) atoms. The number of rotatable bonds is 7. The molecule has 7 nitrogen and oxygen atoms in total. The number of benzene rings is 1. The number of hydrogen-bond acceptors (Lipinski definition) is 4. The van der Waals surface area contributed by atoms with Crippen molar-refractivity contribution in [3.05, 3.63) is 24.3 Å². The molecule has 0 aromatic heterocycles. The minimum absolute atomic E-state index is 0.0225. The Morgan fingerprint density at radius 3 is 2.64 bits per heavy atom. The van der Waals surface area contributed by atoms with Crippen LogP contribution in [0.25, 0.3) is 0 Å². The monoisotopic (exact) mass is 348 g/mol. The Bertz CT molecular complexity index is 659. The van der Waals surface area contributed by atoms with E-state index in [0.29, 0.717) is 17.9 Å². The Morgan fingerprint density at radius 2 is 2.00 bits per heavy atom. The molecule has 1 heterocycles. The highest BCUT2D eigenvalue weighted by Gasteiger charge is 2.31. The lowest BCUT2D eigenvalue weighted by atomic mass is 10.0. The zero-order valence-electron chi connectivity index (χ0n) is 14.7. The summed E-state index contributed by atoms with van der Waals surface area (Å²) < 4.78 is 5.55. The van der Waals surface area contributed by atoms with Crippen LogP contribution >= 0.6 is 0 Å². The lowest BCUT2D eigenvalue weighted by molar-refractivity contribution is -0.142. The number of carboxylic acids is 1. The summed E-state index contributed by atoms with van der Waals surface area (Å²) in [6.07, 6.45) is -0.239. The third kappa shape index (κ3) is 4.71. The summed E-state index contributed by atoms with van der Waals surface area (Å²) >= 11 is 0. The number of carboxylic acid groups (broad SMARTS) is 1. The summed E-state index contributed by atoms with van der Waals surface area (Å²) in [4.78, 5) is 37.2. The summed E-state index contributed by atoms with van der Waals surface area (Å²) in [5.74, 6) is -0.919. The molecule has 0 radical (unpaired) electrons. The van der Waals surface area contributed by atoms with Gasteiger partial charge in [-0.05, 0) is 31.4 Å². The highest BCUT2D eigenvalue weighted by Crippen LogP contribution is 2.33. The molecule has 0 fully saturated rings. The molecule has 2 rings (SSSR count). The van der Waals surface area contributed by atoms with E-state index >= 15 is 0 Å². The van der Waals surface area contributed by atoms with Crippen LogP contribution in [-0.2, 0) is 14.4 Å². The Hall–Kier alpha value is -2.57. The smallest absolute Gasteiger partial charge is 0.326 e. The van der Waals surface area contributed by atoms with Crippen molar-refractivity contribution in [1.29, 1.82) is 0 Å². The van der Waals surface area contributed by atoms with E-state index in [1.807, 2.05) is 19.9 Å². The highest BCUT2D eigenvalue weighted by atomic mass is 16.5.